The molecule has 1 amide bonds. The van der Waals surface area contributed by atoms with Crippen LogP contribution < -0.4 is 15.2 Å². The van der Waals surface area contributed by atoms with Crippen LogP contribution in [0.5, 0.6) is 5.75 Å². The second-order valence-corrected chi connectivity index (χ2v) is 5.89. The lowest BCUT2D eigenvalue weighted by molar-refractivity contribution is -0.306. The molecule has 0 aromatic heterocycles. The Bertz CT molecular complexity index is 725. The highest BCUT2D eigenvalue weighted by Gasteiger charge is 2.16. The molecule has 0 bridgehead atoms. The molecule has 25 heavy (non-hydrogen) atoms. The van der Waals surface area contributed by atoms with Crippen molar-refractivity contribution in [1.29, 1.82) is 0 Å². The zero-order chi connectivity index (χ0) is 18.2. The zero-order valence-corrected chi connectivity index (χ0v) is 14.5. The molecule has 0 spiro atoms. The number of carbonyl (C=O) groups excluding carboxylic acids is 2. The minimum Gasteiger partial charge on any atom is -0.550 e. The topological polar surface area (TPSA) is 78.5 Å². The van der Waals surface area contributed by atoms with Crippen LogP contribution in [0.3, 0.4) is 0 Å². The normalized spacial score (nSPS) is 11.6. The molecule has 0 radical (unpaired) electrons. The van der Waals surface area contributed by atoms with Crippen molar-refractivity contribution in [3.05, 3.63) is 65.2 Å². The van der Waals surface area contributed by atoms with Crippen LogP contribution in [-0.2, 0) is 4.79 Å². The molecule has 0 unspecified atom stereocenters. The average molecular weight is 340 g/mol. The first kappa shape index (κ1) is 18.5. The fourth-order valence-corrected chi connectivity index (χ4v) is 2.46. The van der Waals surface area contributed by atoms with E-state index in [1.54, 1.807) is 42.5 Å². The Kier molecular flexibility index (Phi) is 6.57. The molecule has 0 aliphatic rings. The van der Waals surface area contributed by atoms with Crippen LogP contribution >= 0.6 is 0 Å². The van der Waals surface area contributed by atoms with Crippen molar-refractivity contribution in [2.24, 2.45) is 0 Å². The molecule has 5 nitrogen and oxygen atoms in total. The molecule has 1 N–H and O–H groups in total. The maximum absolute atomic E-state index is 12.4. The van der Waals surface area contributed by atoms with E-state index in [2.05, 4.69) is 5.32 Å². The number of carboxylic acid groups (broad SMARTS) is 1. The Morgan fingerprint density at radius 2 is 1.88 bits per heavy atom. The maximum Gasteiger partial charge on any atom is 0.251 e. The first-order valence-electron chi connectivity index (χ1n) is 8.29. The number of amides is 1. The first-order valence-corrected chi connectivity index (χ1v) is 8.29. The van der Waals surface area contributed by atoms with Crippen LogP contribution in [0, 0.1) is 6.92 Å². The van der Waals surface area contributed by atoms with Gasteiger partial charge in [-0.3, -0.25) is 4.79 Å². The third-order valence-corrected chi connectivity index (χ3v) is 3.71. The number of ether oxygens (including phenoxy) is 1. The van der Waals surface area contributed by atoms with Gasteiger partial charge in [0.1, 0.15) is 5.75 Å². The van der Waals surface area contributed by atoms with Gasteiger partial charge >= 0.3 is 0 Å². The van der Waals surface area contributed by atoms with Gasteiger partial charge in [-0.25, -0.2) is 0 Å². The SMILES string of the molecule is CCCOc1ccc([C@H](CC(=O)[O-])NC(=O)c2cccc(C)c2)cc1. The summed E-state index contributed by atoms with van der Waals surface area (Å²) in [6.45, 7) is 4.53. The fraction of sp³-hybridized carbons (Fsp3) is 0.300. The van der Waals surface area contributed by atoms with Gasteiger partial charge in [0, 0.05) is 18.0 Å². The number of carboxylic acids is 1. The molecule has 2 aromatic rings. The standard InChI is InChI=1S/C20H23NO4/c1-3-11-25-17-9-7-15(8-10-17)18(13-19(22)23)21-20(24)16-6-4-5-14(2)12-16/h4-10,12,18H,3,11,13H2,1-2H3,(H,21,24)(H,22,23)/p-1/t18-/m0/s1. The van der Waals surface area contributed by atoms with E-state index < -0.39 is 12.0 Å². The highest BCUT2D eigenvalue weighted by molar-refractivity contribution is 5.94. The first-order chi connectivity index (χ1) is 12.0. The van der Waals surface area contributed by atoms with Crippen molar-refractivity contribution in [3.63, 3.8) is 0 Å². The third-order valence-electron chi connectivity index (χ3n) is 3.71. The number of hydrogen-bond acceptors (Lipinski definition) is 4. The van der Waals surface area contributed by atoms with Gasteiger partial charge in [0.25, 0.3) is 5.91 Å². The van der Waals surface area contributed by atoms with Crippen LogP contribution in [0.2, 0.25) is 0 Å². The van der Waals surface area contributed by atoms with Gasteiger partial charge in [0.2, 0.25) is 0 Å². The highest BCUT2D eigenvalue weighted by Crippen LogP contribution is 2.21. The van der Waals surface area contributed by atoms with E-state index in [1.165, 1.54) is 0 Å². The minimum absolute atomic E-state index is 0.299. The number of benzene rings is 2. The smallest absolute Gasteiger partial charge is 0.251 e. The molecule has 1 atom stereocenters. The molecule has 0 fully saturated rings. The number of aryl methyl sites for hydroxylation is 1. The monoisotopic (exact) mass is 340 g/mol. The van der Waals surface area contributed by atoms with Crippen LogP contribution in [0.1, 0.15) is 47.3 Å². The summed E-state index contributed by atoms with van der Waals surface area (Å²) >= 11 is 0. The predicted octanol–water partition coefficient (Wildman–Crippen LogP) is 2.39. The number of aliphatic carboxylic acids is 1. The van der Waals surface area contributed by atoms with Gasteiger partial charge in [0.15, 0.2) is 0 Å². The van der Waals surface area contributed by atoms with Crippen molar-refractivity contribution < 1.29 is 19.4 Å². The molecular formula is C20H22NO4-. The van der Waals surface area contributed by atoms with Crippen molar-refractivity contribution >= 4 is 11.9 Å². The predicted molar refractivity (Wildman–Crippen MR) is 93.2 cm³/mol. The Balaban J connectivity index is 2.15. The van der Waals surface area contributed by atoms with Crippen LogP contribution in [-0.4, -0.2) is 18.5 Å². The summed E-state index contributed by atoms with van der Waals surface area (Å²) in [5.74, 6) is -0.829. The molecule has 2 rings (SSSR count). The molecule has 2 aromatic carbocycles. The van der Waals surface area contributed by atoms with E-state index in [0.717, 1.165) is 12.0 Å². The lowest BCUT2D eigenvalue weighted by Crippen LogP contribution is -2.34. The van der Waals surface area contributed by atoms with E-state index in [-0.39, 0.29) is 12.3 Å². The second kappa shape index (κ2) is 8.87. The summed E-state index contributed by atoms with van der Waals surface area (Å²) in [6, 6.07) is 13.5. The van der Waals surface area contributed by atoms with Gasteiger partial charge in [-0.15, -0.1) is 0 Å². The Labute approximate surface area is 147 Å². The van der Waals surface area contributed by atoms with Crippen molar-refractivity contribution in [2.45, 2.75) is 32.7 Å². The Morgan fingerprint density at radius 1 is 1.16 bits per heavy atom. The molecule has 0 heterocycles. The van der Waals surface area contributed by atoms with Gasteiger partial charge in [-0.05, 0) is 43.2 Å². The van der Waals surface area contributed by atoms with E-state index in [9.17, 15) is 14.7 Å². The maximum atomic E-state index is 12.4. The molecule has 5 heteroatoms. The van der Waals surface area contributed by atoms with E-state index in [4.69, 9.17) is 4.74 Å². The largest absolute Gasteiger partial charge is 0.550 e. The molecular weight excluding hydrogens is 318 g/mol. The highest BCUT2D eigenvalue weighted by atomic mass is 16.5. The molecule has 0 saturated carbocycles. The Morgan fingerprint density at radius 3 is 2.48 bits per heavy atom. The summed E-state index contributed by atoms with van der Waals surface area (Å²) in [4.78, 5) is 23.5. The van der Waals surface area contributed by atoms with E-state index in [1.807, 2.05) is 19.9 Å². The van der Waals surface area contributed by atoms with Crippen LogP contribution in [0.15, 0.2) is 48.5 Å². The molecule has 0 saturated heterocycles. The van der Waals surface area contributed by atoms with Gasteiger partial charge in [-0.2, -0.15) is 0 Å². The summed E-state index contributed by atoms with van der Waals surface area (Å²) < 4.78 is 5.52. The number of hydrogen-bond donors (Lipinski definition) is 1. The quantitative estimate of drug-likeness (QED) is 0.800. The third kappa shape index (κ3) is 5.64. The Hall–Kier alpha value is -2.82. The number of nitrogens with one attached hydrogen (secondary N) is 1. The lowest BCUT2D eigenvalue weighted by atomic mass is 10.0. The molecule has 0 aliphatic heterocycles. The van der Waals surface area contributed by atoms with Crippen molar-refractivity contribution in [2.75, 3.05) is 6.61 Å². The second-order valence-electron chi connectivity index (χ2n) is 5.89. The van der Waals surface area contributed by atoms with E-state index >= 15 is 0 Å². The zero-order valence-electron chi connectivity index (χ0n) is 14.5. The molecule has 0 aliphatic carbocycles. The lowest BCUT2D eigenvalue weighted by Gasteiger charge is -2.20. The minimum atomic E-state index is -1.22. The van der Waals surface area contributed by atoms with Crippen LogP contribution in [0.4, 0.5) is 0 Å². The summed E-state index contributed by atoms with van der Waals surface area (Å²) in [7, 11) is 0. The summed E-state index contributed by atoms with van der Waals surface area (Å²) in [5, 5.41) is 13.8. The average Bonchev–Trinajstić information content (AvgIpc) is 2.59. The summed E-state index contributed by atoms with van der Waals surface area (Å²) in [6.07, 6.45) is 0.605. The number of rotatable bonds is 8. The van der Waals surface area contributed by atoms with Crippen molar-refractivity contribution in [1.82, 2.24) is 5.32 Å². The van der Waals surface area contributed by atoms with Gasteiger partial charge in [0.05, 0.1) is 12.6 Å². The molecule has 132 valence electrons. The van der Waals surface area contributed by atoms with Gasteiger partial charge in [-0.1, -0.05) is 36.8 Å². The number of carbonyl (C=O) groups is 2. The van der Waals surface area contributed by atoms with E-state index in [0.29, 0.717) is 23.5 Å². The van der Waals surface area contributed by atoms with Crippen molar-refractivity contribution in [3.8, 4) is 5.75 Å². The summed E-state index contributed by atoms with van der Waals surface area (Å²) in [5.41, 5.74) is 2.14. The van der Waals surface area contributed by atoms with Gasteiger partial charge < -0.3 is 20.0 Å². The van der Waals surface area contributed by atoms with Crippen LogP contribution in [0.25, 0.3) is 0 Å². The fourth-order valence-electron chi connectivity index (χ4n) is 2.46.